The number of carbonyl (C=O) groups excluding carboxylic acids is 1. The van der Waals surface area contributed by atoms with Gasteiger partial charge in [-0.1, -0.05) is 16.8 Å². The van der Waals surface area contributed by atoms with Gasteiger partial charge in [0.1, 0.15) is 6.61 Å². The fourth-order valence-corrected chi connectivity index (χ4v) is 1.39. The fourth-order valence-electron chi connectivity index (χ4n) is 1.21. The van der Waals surface area contributed by atoms with Gasteiger partial charge in [0, 0.05) is 17.7 Å². The minimum atomic E-state index is -0.359. The Hall–Kier alpha value is -1.79. The number of methoxy groups -OCH3 is 1. The van der Waals surface area contributed by atoms with Gasteiger partial charge in [-0.3, -0.25) is 4.79 Å². The molecule has 0 unspecified atom stereocenters. The van der Waals surface area contributed by atoms with Crippen molar-refractivity contribution in [2.24, 2.45) is 10.9 Å². The lowest BCUT2D eigenvalue weighted by Gasteiger charge is -2.10. The Kier molecular flexibility index (Phi) is 4.74. The molecule has 0 atom stereocenters. The van der Waals surface area contributed by atoms with E-state index in [1.165, 1.54) is 13.2 Å². The summed E-state index contributed by atoms with van der Waals surface area (Å²) in [7, 11) is 1.40. The molecule has 1 aromatic carbocycles. The standard InChI is InChI=1S/C10H12ClN3O3/c1-17-5-9(15)13-8-4-6(11)2-3-7(8)10(12)14-16/h2-4,16H,5H2,1H3,(H2,12,14)(H,13,15). The molecule has 0 aliphatic rings. The van der Waals surface area contributed by atoms with Gasteiger partial charge in [-0.2, -0.15) is 0 Å². The summed E-state index contributed by atoms with van der Waals surface area (Å²) >= 11 is 5.80. The first-order valence-corrected chi connectivity index (χ1v) is 5.02. The second-order valence-electron chi connectivity index (χ2n) is 3.16. The zero-order valence-electron chi connectivity index (χ0n) is 9.11. The number of nitrogens with one attached hydrogen (secondary N) is 1. The van der Waals surface area contributed by atoms with Crippen molar-refractivity contribution < 1.29 is 14.7 Å². The maximum Gasteiger partial charge on any atom is 0.250 e. The minimum absolute atomic E-state index is 0.0951. The van der Waals surface area contributed by atoms with Crippen molar-refractivity contribution in [3.63, 3.8) is 0 Å². The Morgan fingerprint density at radius 3 is 2.94 bits per heavy atom. The molecule has 0 aromatic heterocycles. The van der Waals surface area contributed by atoms with E-state index in [9.17, 15) is 4.79 Å². The average Bonchev–Trinajstić information content (AvgIpc) is 2.28. The number of benzene rings is 1. The Bertz CT molecular complexity index is 448. The molecule has 1 rings (SSSR count). The van der Waals surface area contributed by atoms with E-state index in [2.05, 4.69) is 15.2 Å². The minimum Gasteiger partial charge on any atom is -0.409 e. The van der Waals surface area contributed by atoms with Crippen molar-refractivity contribution in [2.45, 2.75) is 0 Å². The van der Waals surface area contributed by atoms with Crippen LogP contribution >= 0.6 is 11.6 Å². The molecule has 0 radical (unpaired) electrons. The van der Waals surface area contributed by atoms with E-state index < -0.39 is 0 Å². The van der Waals surface area contributed by atoms with Crippen LogP contribution in [0.5, 0.6) is 0 Å². The third kappa shape index (κ3) is 3.61. The van der Waals surface area contributed by atoms with Gasteiger partial charge in [0.05, 0.1) is 5.69 Å². The lowest BCUT2D eigenvalue weighted by atomic mass is 10.1. The van der Waals surface area contributed by atoms with Gasteiger partial charge >= 0.3 is 0 Å². The molecule has 4 N–H and O–H groups in total. The molecule has 0 saturated carbocycles. The van der Waals surface area contributed by atoms with Crippen LogP contribution in [0, 0.1) is 0 Å². The number of hydrogen-bond acceptors (Lipinski definition) is 4. The number of amides is 1. The van der Waals surface area contributed by atoms with Crippen LogP contribution in [-0.4, -0.2) is 30.7 Å². The molecule has 7 heteroatoms. The van der Waals surface area contributed by atoms with Gasteiger partial charge in [-0.15, -0.1) is 0 Å². The maximum atomic E-state index is 11.4. The average molecular weight is 258 g/mol. The van der Waals surface area contributed by atoms with E-state index >= 15 is 0 Å². The van der Waals surface area contributed by atoms with Crippen LogP contribution < -0.4 is 11.1 Å². The molecule has 0 spiro atoms. The summed E-state index contributed by atoms with van der Waals surface area (Å²) in [6.45, 7) is -0.0951. The van der Waals surface area contributed by atoms with Crippen molar-refractivity contribution in [1.29, 1.82) is 0 Å². The van der Waals surface area contributed by atoms with E-state index in [0.29, 0.717) is 16.3 Å². The topological polar surface area (TPSA) is 96.9 Å². The zero-order chi connectivity index (χ0) is 12.8. The number of anilines is 1. The van der Waals surface area contributed by atoms with Gasteiger partial charge < -0.3 is 21.0 Å². The highest BCUT2D eigenvalue weighted by Gasteiger charge is 2.10. The summed E-state index contributed by atoms with van der Waals surface area (Å²) < 4.78 is 4.68. The SMILES string of the molecule is COCC(=O)Nc1cc(Cl)ccc1C(N)=NO. The fraction of sp³-hybridized carbons (Fsp3) is 0.200. The quantitative estimate of drug-likeness (QED) is 0.325. The van der Waals surface area contributed by atoms with Gasteiger partial charge in [0.25, 0.3) is 0 Å². The monoisotopic (exact) mass is 257 g/mol. The smallest absolute Gasteiger partial charge is 0.250 e. The molecule has 0 bridgehead atoms. The van der Waals surface area contributed by atoms with E-state index in [4.69, 9.17) is 22.5 Å². The molecule has 0 aliphatic carbocycles. The number of rotatable bonds is 4. The van der Waals surface area contributed by atoms with Crippen LogP contribution in [0.25, 0.3) is 0 Å². The molecule has 0 aliphatic heterocycles. The van der Waals surface area contributed by atoms with Crippen molar-refractivity contribution >= 4 is 29.0 Å². The Morgan fingerprint density at radius 2 is 2.35 bits per heavy atom. The second kappa shape index (κ2) is 6.07. The van der Waals surface area contributed by atoms with Crippen molar-refractivity contribution in [3.8, 4) is 0 Å². The molecule has 0 fully saturated rings. The summed E-state index contributed by atoms with van der Waals surface area (Å²) in [6, 6.07) is 4.61. The Labute approximate surface area is 103 Å². The van der Waals surface area contributed by atoms with E-state index in [1.54, 1.807) is 12.1 Å². The van der Waals surface area contributed by atoms with Crippen LogP contribution in [0.4, 0.5) is 5.69 Å². The number of ether oxygens (including phenoxy) is 1. The summed E-state index contributed by atoms with van der Waals surface area (Å²) in [5, 5.41) is 14.5. The molecule has 1 amide bonds. The first-order valence-electron chi connectivity index (χ1n) is 4.64. The number of nitrogens with two attached hydrogens (primary N) is 1. The van der Waals surface area contributed by atoms with Crippen LogP contribution in [0.1, 0.15) is 5.56 Å². The molecular formula is C10H12ClN3O3. The third-order valence-corrected chi connectivity index (χ3v) is 2.15. The molecule has 0 saturated heterocycles. The summed E-state index contributed by atoms with van der Waals surface area (Å²) in [5.74, 6) is -0.476. The highest BCUT2D eigenvalue weighted by Crippen LogP contribution is 2.20. The van der Waals surface area contributed by atoms with Gasteiger partial charge in [-0.05, 0) is 18.2 Å². The van der Waals surface area contributed by atoms with Crippen LogP contribution in [-0.2, 0) is 9.53 Å². The van der Waals surface area contributed by atoms with Crippen LogP contribution in [0.15, 0.2) is 23.4 Å². The maximum absolute atomic E-state index is 11.4. The molecule has 0 heterocycles. The van der Waals surface area contributed by atoms with Crippen molar-refractivity contribution in [2.75, 3.05) is 19.0 Å². The molecule has 17 heavy (non-hydrogen) atoms. The highest BCUT2D eigenvalue weighted by molar-refractivity contribution is 6.31. The predicted molar refractivity (Wildman–Crippen MR) is 64.5 cm³/mol. The second-order valence-corrected chi connectivity index (χ2v) is 3.59. The Morgan fingerprint density at radius 1 is 1.65 bits per heavy atom. The van der Waals surface area contributed by atoms with E-state index in [1.807, 2.05) is 0 Å². The number of amidine groups is 1. The van der Waals surface area contributed by atoms with E-state index in [0.717, 1.165) is 0 Å². The van der Waals surface area contributed by atoms with Crippen LogP contribution in [0.2, 0.25) is 5.02 Å². The Balaban J connectivity index is 3.03. The lowest BCUT2D eigenvalue weighted by Crippen LogP contribution is -2.21. The largest absolute Gasteiger partial charge is 0.409 e. The number of carbonyl (C=O) groups is 1. The summed E-state index contributed by atoms with van der Waals surface area (Å²) in [5.41, 5.74) is 6.20. The molecule has 92 valence electrons. The van der Waals surface area contributed by atoms with Gasteiger partial charge in [-0.25, -0.2) is 0 Å². The number of nitrogens with zero attached hydrogens (tertiary/aromatic N) is 1. The molecule has 1 aromatic rings. The van der Waals surface area contributed by atoms with Gasteiger partial charge in [0.2, 0.25) is 5.91 Å². The summed E-state index contributed by atoms with van der Waals surface area (Å²) in [4.78, 5) is 11.4. The third-order valence-electron chi connectivity index (χ3n) is 1.91. The number of halogens is 1. The predicted octanol–water partition coefficient (Wildman–Crippen LogP) is 1.02. The first-order chi connectivity index (χ1) is 8.08. The van der Waals surface area contributed by atoms with Crippen molar-refractivity contribution in [1.82, 2.24) is 0 Å². The van der Waals surface area contributed by atoms with Crippen molar-refractivity contribution in [3.05, 3.63) is 28.8 Å². The van der Waals surface area contributed by atoms with E-state index in [-0.39, 0.29) is 18.3 Å². The lowest BCUT2D eigenvalue weighted by molar-refractivity contribution is -0.119. The van der Waals surface area contributed by atoms with Crippen LogP contribution in [0.3, 0.4) is 0 Å². The number of oxime groups is 1. The number of hydrogen-bond donors (Lipinski definition) is 3. The molecule has 6 nitrogen and oxygen atoms in total. The first kappa shape index (κ1) is 13.3. The zero-order valence-corrected chi connectivity index (χ0v) is 9.86. The van der Waals surface area contributed by atoms with Gasteiger partial charge in [0.15, 0.2) is 5.84 Å². The summed E-state index contributed by atoms with van der Waals surface area (Å²) in [6.07, 6.45) is 0. The molecular weight excluding hydrogens is 246 g/mol. The highest BCUT2D eigenvalue weighted by atomic mass is 35.5. The normalized spacial score (nSPS) is 11.3.